The van der Waals surface area contributed by atoms with E-state index in [-0.39, 0.29) is 43.2 Å². The van der Waals surface area contributed by atoms with E-state index in [0.717, 1.165) is 16.2 Å². The number of pyridine rings is 1. The minimum absolute atomic E-state index is 0.00749. The van der Waals surface area contributed by atoms with Crippen LogP contribution in [0.5, 0.6) is 5.75 Å². The van der Waals surface area contributed by atoms with Gasteiger partial charge in [-0.2, -0.15) is 0 Å². The van der Waals surface area contributed by atoms with E-state index in [1.54, 1.807) is 17.3 Å². The summed E-state index contributed by atoms with van der Waals surface area (Å²) in [6.45, 7) is 1.35. The number of imide groups is 1. The number of rotatable bonds is 7. The lowest BCUT2D eigenvalue weighted by Crippen LogP contribution is -2.46. The van der Waals surface area contributed by atoms with Gasteiger partial charge in [0.25, 0.3) is 0 Å². The third-order valence-corrected chi connectivity index (χ3v) is 7.68. The first-order valence-corrected chi connectivity index (χ1v) is 12.7. The quantitative estimate of drug-likeness (QED) is 0.472. The number of carbonyl (C=O) groups excluding carboxylic acids is 3. The van der Waals surface area contributed by atoms with Crippen LogP contribution in [0, 0.1) is 0 Å². The Morgan fingerprint density at radius 3 is 2.54 bits per heavy atom. The Hall–Kier alpha value is -3.52. The number of hydrogen-bond acceptors (Lipinski definition) is 6. The summed E-state index contributed by atoms with van der Waals surface area (Å²) in [6.07, 6.45) is 4.80. The molecule has 2 aliphatic rings. The monoisotopic (exact) mass is 489 g/mol. The maximum Gasteiger partial charge on any atom is 0.241 e. The van der Waals surface area contributed by atoms with Crippen molar-refractivity contribution in [2.24, 2.45) is 0 Å². The van der Waals surface area contributed by atoms with E-state index in [0.29, 0.717) is 25.9 Å². The minimum atomic E-state index is -1.17. The van der Waals surface area contributed by atoms with Crippen LogP contribution in [0.2, 0.25) is 0 Å². The standard InChI is InChI=1S/C27H27N3O4S/c31-24(29-13-10-21(11-14-29)34-22-8-4-12-28-18-22)16-27(20-6-2-1-3-7-20)17-25(32)30(26(27)33)19-23-9-5-15-35-23/h1-9,12,15,18,21H,10-11,13-14,16-17,19H2. The summed E-state index contributed by atoms with van der Waals surface area (Å²) < 4.78 is 6.00. The molecule has 7 nitrogen and oxygen atoms in total. The van der Waals surface area contributed by atoms with Gasteiger partial charge >= 0.3 is 0 Å². The predicted octanol–water partition coefficient (Wildman–Crippen LogP) is 3.80. The van der Waals surface area contributed by atoms with Crippen molar-refractivity contribution in [3.63, 3.8) is 0 Å². The van der Waals surface area contributed by atoms with Crippen molar-refractivity contribution >= 4 is 29.1 Å². The first kappa shape index (κ1) is 23.2. The highest BCUT2D eigenvalue weighted by Gasteiger charge is 2.54. The van der Waals surface area contributed by atoms with E-state index in [1.165, 1.54) is 16.2 Å². The molecule has 0 bridgehead atoms. The number of piperidine rings is 1. The van der Waals surface area contributed by atoms with Gasteiger partial charge in [-0.05, 0) is 29.1 Å². The zero-order valence-electron chi connectivity index (χ0n) is 19.3. The maximum absolute atomic E-state index is 13.8. The number of aromatic nitrogens is 1. The van der Waals surface area contributed by atoms with E-state index in [2.05, 4.69) is 4.98 Å². The van der Waals surface area contributed by atoms with Crippen LogP contribution in [0.4, 0.5) is 0 Å². The van der Waals surface area contributed by atoms with Crippen molar-refractivity contribution < 1.29 is 19.1 Å². The maximum atomic E-state index is 13.8. The van der Waals surface area contributed by atoms with Crippen LogP contribution in [0.25, 0.3) is 0 Å². The van der Waals surface area contributed by atoms with Gasteiger partial charge in [0.15, 0.2) is 0 Å². The smallest absolute Gasteiger partial charge is 0.241 e. The van der Waals surface area contributed by atoms with Crippen LogP contribution in [0.3, 0.4) is 0 Å². The lowest BCUT2D eigenvalue weighted by Gasteiger charge is -2.35. The number of nitrogens with zero attached hydrogens (tertiary/aromatic N) is 3. The molecule has 1 unspecified atom stereocenters. The normalized spacial score (nSPS) is 20.9. The number of thiophene rings is 1. The summed E-state index contributed by atoms with van der Waals surface area (Å²) in [4.78, 5) is 48.4. The van der Waals surface area contributed by atoms with Crippen LogP contribution in [0.1, 0.15) is 36.1 Å². The van der Waals surface area contributed by atoms with Crippen molar-refractivity contribution in [2.45, 2.75) is 43.7 Å². The molecule has 0 radical (unpaired) electrons. The molecule has 1 atom stereocenters. The number of likely N-dealkylation sites (tertiary alicyclic amines) is 2. The van der Waals surface area contributed by atoms with Gasteiger partial charge in [-0.25, -0.2) is 0 Å². The number of amides is 3. The van der Waals surface area contributed by atoms with E-state index >= 15 is 0 Å². The molecule has 180 valence electrons. The molecule has 2 fully saturated rings. The fourth-order valence-corrected chi connectivity index (χ4v) is 5.64. The zero-order chi connectivity index (χ0) is 24.3. The van der Waals surface area contributed by atoms with Crippen LogP contribution in [-0.4, -0.2) is 51.7 Å². The van der Waals surface area contributed by atoms with E-state index < -0.39 is 5.41 Å². The van der Waals surface area contributed by atoms with Crippen molar-refractivity contribution in [1.29, 1.82) is 0 Å². The van der Waals surface area contributed by atoms with Crippen LogP contribution in [0.15, 0.2) is 72.4 Å². The Bertz CT molecular complexity index is 1180. The number of benzene rings is 1. The Morgan fingerprint density at radius 1 is 1.06 bits per heavy atom. The van der Waals surface area contributed by atoms with Gasteiger partial charge in [0.05, 0.1) is 18.2 Å². The highest BCUT2D eigenvalue weighted by Crippen LogP contribution is 2.41. The molecule has 2 aliphatic heterocycles. The van der Waals surface area contributed by atoms with Gasteiger partial charge in [0.1, 0.15) is 11.9 Å². The summed E-state index contributed by atoms with van der Waals surface area (Å²) in [5, 5.41) is 1.93. The lowest BCUT2D eigenvalue weighted by atomic mass is 9.75. The molecule has 0 spiro atoms. The summed E-state index contributed by atoms with van der Waals surface area (Å²) in [5.41, 5.74) is -0.453. The molecule has 8 heteroatoms. The van der Waals surface area contributed by atoms with Gasteiger partial charge in [0.2, 0.25) is 17.7 Å². The molecule has 3 aromatic rings. The van der Waals surface area contributed by atoms with Crippen molar-refractivity contribution in [3.8, 4) is 5.75 Å². The Labute approximate surface area is 208 Å². The summed E-state index contributed by atoms with van der Waals surface area (Å²) in [6, 6.07) is 16.8. The van der Waals surface area contributed by atoms with E-state index in [1.807, 2.05) is 60.0 Å². The third-order valence-electron chi connectivity index (χ3n) is 6.81. The highest BCUT2D eigenvalue weighted by molar-refractivity contribution is 7.09. The zero-order valence-corrected chi connectivity index (χ0v) is 20.2. The molecule has 4 heterocycles. The lowest BCUT2D eigenvalue weighted by molar-refractivity contribution is -0.143. The van der Waals surface area contributed by atoms with Crippen LogP contribution >= 0.6 is 11.3 Å². The molecule has 2 aromatic heterocycles. The van der Waals surface area contributed by atoms with Crippen molar-refractivity contribution in [2.75, 3.05) is 13.1 Å². The van der Waals surface area contributed by atoms with Crippen LogP contribution < -0.4 is 4.74 Å². The second-order valence-electron chi connectivity index (χ2n) is 9.05. The number of hydrogen-bond donors (Lipinski definition) is 0. The highest BCUT2D eigenvalue weighted by atomic mass is 32.1. The fourth-order valence-electron chi connectivity index (χ4n) is 4.94. The summed E-state index contributed by atoms with van der Waals surface area (Å²) >= 11 is 1.51. The molecule has 3 amide bonds. The molecular weight excluding hydrogens is 462 g/mol. The first-order valence-electron chi connectivity index (χ1n) is 11.8. The van der Waals surface area contributed by atoms with E-state index in [9.17, 15) is 14.4 Å². The second-order valence-corrected chi connectivity index (χ2v) is 10.1. The minimum Gasteiger partial charge on any atom is -0.489 e. The van der Waals surface area contributed by atoms with Crippen LogP contribution in [-0.2, 0) is 26.3 Å². The Balaban J connectivity index is 1.30. The Kier molecular flexibility index (Phi) is 6.63. The molecule has 2 saturated heterocycles. The molecular formula is C27H27N3O4S. The summed E-state index contributed by atoms with van der Waals surface area (Å²) in [7, 11) is 0. The van der Waals surface area contributed by atoms with Crippen molar-refractivity contribution in [3.05, 3.63) is 82.8 Å². The fraction of sp³-hybridized carbons (Fsp3) is 0.333. The molecule has 5 rings (SSSR count). The van der Waals surface area contributed by atoms with E-state index in [4.69, 9.17) is 4.74 Å². The van der Waals surface area contributed by atoms with Gasteiger partial charge in [-0.1, -0.05) is 36.4 Å². The Morgan fingerprint density at radius 2 is 1.86 bits per heavy atom. The van der Waals surface area contributed by atoms with Gasteiger partial charge in [-0.15, -0.1) is 11.3 Å². The molecule has 0 saturated carbocycles. The van der Waals surface area contributed by atoms with Gasteiger partial charge < -0.3 is 9.64 Å². The topological polar surface area (TPSA) is 79.8 Å². The van der Waals surface area contributed by atoms with Gasteiger partial charge in [0, 0.05) is 49.8 Å². The molecule has 35 heavy (non-hydrogen) atoms. The second kappa shape index (κ2) is 10.00. The molecule has 1 aromatic carbocycles. The average molecular weight is 490 g/mol. The first-order chi connectivity index (χ1) is 17.0. The largest absolute Gasteiger partial charge is 0.489 e. The van der Waals surface area contributed by atoms with Gasteiger partial charge in [-0.3, -0.25) is 24.3 Å². The molecule has 0 N–H and O–H groups in total. The molecule has 0 aliphatic carbocycles. The number of ether oxygens (including phenoxy) is 1. The van der Waals surface area contributed by atoms with Crippen molar-refractivity contribution in [1.82, 2.24) is 14.8 Å². The SMILES string of the molecule is O=C(CC1(c2ccccc2)CC(=O)N(Cc2cccs2)C1=O)N1CCC(Oc2cccnc2)CC1. The predicted molar refractivity (Wildman–Crippen MR) is 132 cm³/mol. The summed E-state index contributed by atoms with van der Waals surface area (Å²) in [5.74, 6) is 0.0999. The third kappa shape index (κ3) is 4.84. The average Bonchev–Trinajstić information content (AvgIpc) is 3.49. The number of carbonyl (C=O) groups is 3.